The summed E-state index contributed by atoms with van der Waals surface area (Å²) in [6.45, 7) is 1.83. The van der Waals surface area contributed by atoms with Gasteiger partial charge in [-0.25, -0.2) is 0 Å². The molecule has 1 aliphatic rings. The average molecular weight is 537 g/mol. The Balaban J connectivity index is 0.00000216. The zero-order valence-corrected chi connectivity index (χ0v) is 24.6. The molecule has 0 radical (unpaired) electrons. The van der Waals surface area contributed by atoms with E-state index in [1.807, 2.05) is 13.0 Å². The van der Waals surface area contributed by atoms with Crippen LogP contribution in [0, 0.1) is 6.92 Å². The summed E-state index contributed by atoms with van der Waals surface area (Å²) in [7, 11) is -9.45. The number of para-hydroxylation sites is 1. The number of anilines is 1. The molecule has 0 spiro atoms. The van der Waals surface area contributed by atoms with Crippen LogP contribution >= 0.6 is 0 Å². The Morgan fingerprint density at radius 2 is 1.17 bits per heavy atom. The third-order valence-electron chi connectivity index (χ3n) is 5.23. The minimum Gasteiger partial charge on any atom is -0.362 e. The van der Waals surface area contributed by atoms with Gasteiger partial charge in [-0.2, -0.15) is 16.8 Å². The first-order valence-corrected chi connectivity index (χ1v) is 12.1. The Hall–Kier alpha value is -1.45. The van der Waals surface area contributed by atoms with Crippen LogP contribution < -0.4 is 72.8 Å². The Morgan fingerprint density at radius 1 is 0.743 bits per heavy atom. The van der Waals surface area contributed by atoms with Gasteiger partial charge in [-0.1, -0.05) is 42.5 Å². The molecule has 1 heterocycles. The second-order valence-corrected chi connectivity index (χ2v) is 9.32. The van der Waals surface area contributed by atoms with Crippen molar-refractivity contribution in [3.05, 3.63) is 89.0 Å². The van der Waals surface area contributed by atoms with E-state index < -0.39 is 32.1 Å². The first kappa shape index (κ1) is 29.8. The smallest absolute Gasteiger partial charge is 0.362 e. The van der Waals surface area contributed by atoms with Crippen LogP contribution in [-0.2, 0) is 31.0 Å². The van der Waals surface area contributed by atoms with Crippen molar-refractivity contribution in [2.24, 2.45) is 0 Å². The predicted octanol–water partition coefficient (Wildman–Crippen LogP) is -3.35. The van der Waals surface area contributed by atoms with Crippen LogP contribution in [0.25, 0.3) is 0 Å². The average Bonchev–Trinajstić information content (AvgIpc) is 3.01. The van der Waals surface area contributed by atoms with Crippen LogP contribution in [-0.4, -0.2) is 31.8 Å². The summed E-state index contributed by atoms with van der Waals surface area (Å²) in [6, 6.07) is 16.5. The van der Waals surface area contributed by atoms with E-state index in [-0.39, 0.29) is 70.6 Å². The Kier molecular flexibility index (Phi) is 9.26. The van der Waals surface area contributed by atoms with Crippen molar-refractivity contribution in [3.8, 4) is 11.5 Å². The summed E-state index contributed by atoms with van der Waals surface area (Å²) < 4.78 is 70.8. The number of rotatable bonds is 6. The van der Waals surface area contributed by atoms with Gasteiger partial charge in [0.25, 0.3) is 0 Å². The molecule has 0 aromatic heterocycles. The summed E-state index contributed by atoms with van der Waals surface area (Å²) in [5, 5.41) is 2.89. The Morgan fingerprint density at radius 3 is 1.57 bits per heavy atom. The second kappa shape index (κ2) is 10.9. The molecule has 172 valence electrons. The van der Waals surface area contributed by atoms with Crippen LogP contribution in [0.15, 0.2) is 66.7 Å². The fourth-order valence-corrected chi connectivity index (χ4v) is 4.69. The van der Waals surface area contributed by atoms with E-state index in [9.17, 15) is 21.6 Å². The molecule has 10 nitrogen and oxygen atoms in total. The molecule has 0 saturated carbocycles. The zero-order chi connectivity index (χ0) is 24.0. The molecule has 1 aliphatic heterocycles. The molecule has 35 heavy (non-hydrogen) atoms. The standard InChI is InChI=1S/C21H17NO9S2.2Na/c1-13-3-2-4-18-19(13)22-20(23)21(18,14-5-9-16(10-6-14)30-32(24,25)26)15-7-11-17(12-8-15)31-33(27,28)29;;/h2-12H,1H3,(H,22,23)(H,24,25,26)(H,27,28,29);;/q;2*+1. The van der Waals surface area contributed by atoms with Crippen LogP contribution in [0.2, 0.25) is 0 Å². The fourth-order valence-electron chi connectivity index (χ4n) is 3.98. The molecule has 0 fully saturated rings. The van der Waals surface area contributed by atoms with Gasteiger partial charge in [0.05, 0.1) is 0 Å². The van der Waals surface area contributed by atoms with Crippen molar-refractivity contribution in [3.63, 3.8) is 0 Å². The van der Waals surface area contributed by atoms with Crippen molar-refractivity contribution >= 4 is 32.4 Å². The van der Waals surface area contributed by atoms with Crippen LogP contribution in [0.3, 0.4) is 0 Å². The van der Waals surface area contributed by atoms with E-state index in [0.717, 1.165) is 5.56 Å². The summed E-state index contributed by atoms with van der Waals surface area (Å²) in [5.41, 5.74) is 1.58. The van der Waals surface area contributed by atoms with E-state index in [1.165, 1.54) is 48.5 Å². The summed E-state index contributed by atoms with van der Waals surface area (Å²) in [4.78, 5) is 13.5. The maximum atomic E-state index is 13.5. The number of carbonyl (C=O) groups excluding carboxylic acids is 1. The molecule has 14 heteroatoms. The van der Waals surface area contributed by atoms with Gasteiger partial charge in [0.2, 0.25) is 5.91 Å². The minimum absolute atomic E-state index is 0. The number of nitrogens with one attached hydrogen (secondary N) is 1. The fraction of sp³-hybridized carbons (Fsp3) is 0.0952. The summed E-state index contributed by atoms with van der Waals surface area (Å²) >= 11 is 0. The van der Waals surface area contributed by atoms with Crippen molar-refractivity contribution < 1.29 is 98.2 Å². The van der Waals surface area contributed by atoms with Crippen molar-refractivity contribution in [1.29, 1.82) is 0 Å². The number of hydrogen-bond acceptors (Lipinski definition) is 7. The zero-order valence-electron chi connectivity index (χ0n) is 18.9. The van der Waals surface area contributed by atoms with Crippen LogP contribution in [0.4, 0.5) is 5.69 Å². The topological polar surface area (TPSA) is 156 Å². The van der Waals surface area contributed by atoms with Gasteiger partial charge in [0.15, 0.2) is 0 Å². The van der Waals surface area contributed by atoms with Gasteiger partial charge in [0, 0.05) is 11.3 Å². The van der Waals surface area contributed by atoms with E-state index in [0.29, 0.717) is 22.4 Å². The van der Waals surface area contributed by atoms with Gasteiger partial charge in [-0.05, 0) is 47.9 Å². The van der Waals surface area contributed by atoms with Gasteiger partial charge >= 0.3 is 79.9 Å². The molecule has 0 saturated heterocycles. The SMILES string of the molecule is Cc1cccc2c1NC(=O)C2(c1ccc(OS(=O)(=O)O)cc1)c1ccc(OS(=O)(=O)O)cc1.[Na+].[Na+]. The van der Waals surface area contributed by atoms with Gasteiger partial charge in [-0.15, -0.1) is 0 Å². The molecular formula is C21H17NNa2O9S2+2. The molecule has 0 bridgehead atoms. The minimum atomic E-state index is -4.72. The van der Waals surface area contributed by atoms with E-state index >= 15 is 0 Å². The van der Waals surface area contributed by atoms with Gasteiger partial charge in [-0.3, -0.25) is 13.9 Å². The molecule has 3 aromatic rings. The Labute approximate surface area is 246 Å². The number of benzene rings is 3. The van der Waals surface area contributed by atoms with E-state index in [4.69, 9.17) is 9.11 Å². The van der Waals surface area contributed by atoms with Crippen molar-refractivity contribution in [1.82, 2.24) is 0 Å². The summed E-state index contributed by atoms with van der Waals surface area (Å²) in [5.74, 6) is -0.703. The molecule has 4 rings (SSSR count). The predicted molar refractivity (Wildman–Crippen MR) is 117 cm³/mol. The number of aryl methyl sites for hydroxylation is 1. The normalized spacial score (nSPS) is 14.1. The molecule has 1 amide bonds. The molecule has 0 aliphatic carbocycles. The monoisotopic (exact) mass is 537 g/mol. The maximum Gasteiger partial charge on any atom is 1.00 e. The molecule has 3 N–H and O–H groups in total. The molecule has 0 unspecified atom stereocenters. The van der Waals surface area contributed by atoms with Gasteiger partial charge in [0.1, 0.15) is 16.9 Å². The van der Waals surface area contributed by atoms with Crippen molar-refractivity contribution in [2.75, 3.05) is 5.32 Å². The van der Waals surface area contributed by atoms with Crippen molar-refractivity contribution in [2.45, 2.75) is 12.3 Å². The third-order valence-corrected chi connectivity index (χ3v) is 6.04. The first-order chi connectivity index (χ1) is 15.4. The van der Waals surface area contributed by atoms with E-state index in [2.05, 4.69) is 13.7 Å². The van der Waals surface area contributed by atoms with Gasteiger partial charge < -0.3 is 13.7 Å². The number of fused-ring (bicyclic) bond motifs is 1. The number of amides is 1. The molecular weight excluding hydrogens is 520 g/mol. The largest absolute Gasteiger partial charge is 1.00 e. The second-order valence-electron chi connectivity index (χ2n) is 7.27. The van der Waals surface area contributed by atoms with Crippen LogP contribution in [0.1, 0.15) is 22.3 Å². The molecule has 3 aromatic carbocycles. The summed E-state index contributed by atoms with van der Waals surface area (Å²) in [6.07, 6.45) is 0. The maximum absolute atomic E-state index is 13.5. The first-order valence-electron chi connectivity index (χ1n) is 9.36. The number of hydrogen-bond donors (Lipinski definition) is 3. The van der Waals surface area contributed by atoms with Crippen LogP contribution in [0.5, 0.6) is 11.5 Å². The third kappa shape index (κ3) is 6.10. The quantitative estimate of drug-likeness (QED) is 0.216. The number of carbonyl (C=O) groups is 1. The Bertz CT molecular complexity index is 1380. The molecule has 0 atom stereocenters. The van der Waals surface area contributed by atoms with E-state index in [1.54, 1.807) is 12.1 Å².